The van der Waals surface area contributed by atoms with Crippen molar-refractivity contribution in [3.05, 3.63) is 54.1 Å². The van der Waals surface area contributed by atoms with Gasteiger partial charge in [-0.05, 0) is 48.4 Å². The Morgan fingerprint density at radius 3 is 2.13 bits per heavy atom. The molecule has 6 heteroatoms. The molecular formula is C17H21NO4S. The van der Waals surface area contributed by atoms with Gasteiger partial charge in [-0.1, -0.05) is 19.1 Å². The van der Waals surface area contributed by atoms with Crippen molar-refractivity contribution in [2.24, 2.45) is 0 Å². The van der Waals surface area contributed by atoms with Gasteiger partial charge in [0.1, 0.15) is 18.1 Å². The van der Waals surface area contributed by atoms with E-state index in [1.165, 1.54) is 24.8 Å². The molecule has 0 aromatic heterocycles. The first-order valence-corrected chi connectivity index (χ1v) is 8.89. The van der Waals surface area contributed by atoms with Crippen LogP contribution in [0.1, 0.15) is 12.5 Å². The van der Waals surface area contributed by atoms with E-state index in [1.807, 2.05) is 24.3 Å². The summed E-state index contributed by atoms with van der Waals surface area (Å²) >= 11 is 0. The van der Waals surface area contributed by atoms with E-state index in [0.717, 1.165) is 12.2 Å². The number of hydrogen-bond donors (Lipinski definition) is 1. The van der Waals surface area contributed by atoms with Gasteiger partial charge in [-0.25, -0.2) is 13.1 Å². The van der Waals surface area contributed by atoms with Crippen LogP contribution in [0.25, 0.3) is 0 Å². The molecule has 2 aromatic carbocycles. The maximum Gasteiger partial charge on any atom is 0.240 e. The summed E-state index contributed by atoms with van der Waals surface area (Å²) < 4.78 is 37.3. The first-order chi connectivity index (χ1) is 11.0. The van der Waals surface area contributed by atoms with Crippen molar-refractivity contribution in [1.82, 2.24) is 4.72 Å². The molecule has 0 aliphatic carbocycles. The van der Waals surface area contributed by atoms with Crippen LogP contribution < -0.4 is 14.2 Å². The van der Waals surface area contributed by atoms with E-state index in [0.29, 0.717) is 5.75 Å². The van der Waals surface area contributed by atoms with Crippen LogP contribution in [-0.2, 0) is 16.4 Å². The Labute approximate surface area is 137 Å². The molecule has 23 heavy (non-hydrogen) atoms. The number of methoxy groups -OCH3 is 1. The minimum atomic E-state index is -3.54. The third-order valence-corrected chi connectivity index (χ3v) is 4.84. The van der Waals surface area contributed by atoms with Crippen molar-refractivity contribution < 1.29 is 17.9 Å². The number of hydrogen-bond acceptors (Lipinski definition) is 4. The van der Waals surface area contributed by atoms with Gasteiger partial charge in [-0.3, -0.25) is 0 Å². The van der Waals surface area contributed by atoms with Crippen molar-refractivity contribution >= 4 is 10.0 Å². The summed E-state index contributed by atoms with van der Waals surface area (Å²) in [5.41, 5.74) is 1.23. The molecular weight excluding hydrogens is 314 g/mol. The van der Waals surface area contributed by atoms with E-state index in [1.54, 1.807) is 12.1 Å². The lowest BCUT2D eigenvalue weighted by atomic mass is 10.2. The van der Waals surface area contributed by atoms with Gasteiger partial charge >= 0.3 is 0 Å². The molecule has 0 aliphatic heterocycles. The molecule has 0 radical (unpaired) electrons. The summed E-state index contributed by atoms with van der Waals surface area (Å²) in [7, 11) is -2.00. The van der Waals surface area contributed by atoms with E-state index in [4.69, 9.17) is 9.47 Å². The number of sulfonamides is 1. The predicted octanol–water partition coefficient (Wildman–Crippen LogP) is 2.61. The van der Waals surface area contributed by atoms with Crippen LogP contribution in [0, 0.1) is 0 Å². The number of aryl methyl sites for hydroxylation is 1. The highest BCUT2D eigenvalue weighted by Crippen LogP contribution is 2.15. The molecule has 5 nitrogen and oxygen atoms in total. The van der Waals surface area contributed by atoms with Crippen LogP contribution in [0.2, 0.25) is 0 Å². The molecule has 0 aliphatic rings. The second-order valence-corrected chi connectivity index (χ2v) is 6.69. The summed E-state index contributed by atoms with van der Waals surface area (Å²) in [6.07, 6.45) is 0.974. The largest absolute Gasteiger partial charge is 0.497 e. The third kappa shape index (κ3) is 4.97. The van der Waals surface area contributed by atoms with Gasteiger partial charge in [0.05, 0.1) is 12.0 Å². The fourth-order valence-corrected chi connectivity index (χ4v) is 3.02. The van der Waals surface area contributed by atoms with Gasteiger partial charge in [0.2, 0.25) is 10.0 Å². The van der Waals surface area contributed by atoms with Crippen LogP contribution in [0.3, 0.4) is 0 Å². The molecule has 0 amide bonds. The molecule has 0 bridgehead atoms. The zero-order valence-corrected chi connectivity index (χ0v) is 14.1. The van der Waals surface area contributed by atoms with Crippen LogP contribution in [0.4, 0.5) is 0 Å². The second-order valence-electron chi connectivity index (χ2n) is 4.92. The van der Waals surface area contributed by atoms with Crippen LogP contribution in [0.15, 0.2) is 53.4 Å². The fourth-order valence-electron chi connectivity index (χ4n) is 2.00. The third-order valence-electron chi connectivity index (χ3n) is 3.36. The van der Waals surface area contributed by atoms with Crippen LogP contribution in [0.5, 0.6) is 11.5 Å². The lowest BCUT2D eigenvalue weighted by Crippen LogP contribution is -2.28. The summed E-state index contributed by atoms with van der Waals surface area (Å²) in [6, 6.07) is 14.0. The van der Waals surface area contributed by atoms with Gasteiger partial charge in [0, 0.05) is 6.54 Å². The highest BCUT2D eigenvalue weighted by Gasteiger charge is 2.13. The van der Waals surface area contributed by atoms with E-state index in [2.05, 4.69) is 11.6 Å². The Morgan fingerprint density at radius 1 is 0.957 bits per heavy atom. The fraction of sp³-hybridized carbons (Fsp3) is 0.294. The molecule has 0 saturated carbocycles. The molecule has 0 unspecified atom stereocenters. The molecule has 124 valence electrons. The summed E-state index contributed by atoms with van der Waals surface area (Å²) in [6.45, 7) is 2.55. The van der Waals surface area contributed by atoms with Gasteiger partial charge in [0.25, 0.3) is 0 Å². The average Bonchev–Trinajstić information content (AvgIpc) is 2.59. The highest BCUT2D eigenvalue weighted by molar-refractivity contribution is 7.89. The molecule has 2 aromatic rings. The van der Waals surface area contributed by atoms with E-state index in [9.17, 15) is 8.42 Å². The van der Waals surface area contributed by atoms with Gasteiger partial charge < -0.3 is 9.47 Å². The average molecular weight is 335 g/mol. The molecule has 0 atom stereocenters. The van der Waals surface area contributed by atoms with E-state index < -0.39 is 10.0 Å². The van der Waals surface area contributed by atoms with Crippen LogP contribution >= 0.6 is 0 Å². The number of ether oxygens (including phenoxy) is 2. The van der Waals surface area contributed by atoms with Crippen LogP contribution in [-0.4, -0.2) is 28.7 Å². The molecule has 0 spiro atoms. The van der Waals surface area contributed by atoms with Crippen molar-refractivity contribution in [3.63, 3.8) is 0 Å². The minimum absolute atomic E-state index is 0.198. The first-order valence-electron chi connectivity index (χ1n) is 7.40. The topological polar surface area (TPSA) is 64.6 Å². The normalized spacial score (nSPS) is 11.2. The molecule has 0 fully saturated rings. The summed E-state index contributed by atoms with van der Waals surface area (Å²) in [5.74, 6) is 1.34. The van der Waals surface area contributed by atoms with Crippen molar-refractivity contribution in [2.75, 3.05) is 20.3 Å². The maximum absolute atomic E-state index is 12.1. The zero-order chi connectivity index (χ0) is 16.7. The van der Waals surface area contributed by atoms with Gasteiger partial charge in [-0.2, -0.15) is 0 Å². The van der Waals surface area contributed by atoms with Crippen molar-refractivity contribution in [2.45, 2.75) is 18.2 Å². The summed E-state index contributed by atoms with van der Waals surface area (Å²) in [4.78, 5) is 0.200. The zero-order valence-electron chi connectivity index (χ0n) is 13.3. The number of nitrogens with one attached hydrogen (secondary N) is 1. The quantitative estimate of drug-likeness (QED) is 0.753. The van der Waals surface area contributed by atoms with E-state index in [-0.39, 0.29) is 18.0 Å². The SMILES string of the molecule is CCc1ccc(OCCNS(=O)(=O)c2ccc(OC)cc2)cc1. The Balaban J connectivity index is 1.84. The minimum Gasteiger partial charge on any atom is -0.497 e. The molecule has 2 rings (SSSR count). The Morgan fingerprint density at radius 2 is 1.57 bits per heavy atom. The Hall–Kier alpha value is -2.05. The predicted molar refractivity (Wildman–Crippen MR) is 89.5 cm³/mol. The monoisotopic (exact) mass is 335 g/mol. The first kappa shape index (κ1) is 17.3. The van der Waals surface area contributed by atoms with Crippen molar-refractivity contribution in [1.29, 1.82) is 0 Å². The smallest absolute Gasteiger partial charge is 0.240 e. The molecule has 1 N–H and O–H groups in total. The number of benzene rings is 2. The van der Waals surface area contributed by atoms with Crippen molar-refractivity contribution in [3.8, 4) is 11.5 Å². The highest BCUT2D eigenvalue weighted by atomic mass is 32.2. The molecule has 0 heterocycles. The second kappa shape index (κ2) is 7.99. The maximum atomic E-state index is 12.1. The van der Waals surface area contributed by atoms with Gasteiger partial charge in [-0.15, -0.1) is 0 Å². The standard InChI is InChI=1S/C17H21NO4S/c1-3-14-4-6-16(7-5-14)22-13-12-18-23(19,20)17-10-8-15(21-2)9-11-17/h4-11,18H,3,12-13H2,1-2H3. The summed E-state index contributed by atoms with van der Waals surface area (Å²) in [5, 5.41) is 0. The van der Waals surface area contributed by atoms with Gasteiger partial charge in [0.15, 0.2) is 0 Å². The number of rotatable bonds is 8. The lowest BCUT2D eigenvalue weighted by Gasteiger charge is -2.09. The van der Waals surface area contributed by atoms with E-state index >= 15 is 0 Å². The lowest BCUT2D eigenvalue weighted by molar-refractivity contribution is 0.322. The Bertz CT molecular complexity index is 709. The molecule has 0 saturated heterocycles. The Kier molecular flexibility index (Phi) is 6.01.